The van der Waals surface area contributed by atoms with Crippen LogP contribution in [-0.4, -0.2) is 24.1 Å². The topological polar surface area (TPSA) is 55.0 Å². The van der Waals surface area contributed by atoms with Gasteiger partial charge in [0.25, 0.3) is 0 Å². The Labute approximate surface area is 70.0 Å². The first-order valence-electron chi connectivity index (χ1n) is 3.06. The van der Waals surface area contributed by atoms with Crippen molar-refractivity contribution >= 4 is 23.2 Å². The van der Waals surface area contributed by atoms with Crippen molar-refractivity contribution in [2.75, 3.05) is 24.7 Å². The fourth-order valence-electron chi connectivity index (χ4n) is 0.685. The quantitative estimate of drug-likeness (QED) is 0.680. The minimum Gasteiger partial charge on any atom is -0.382 e. The lowest BCUT2D eigenvalue weighted by atomic mass is 10.5. The average Bonchev–Trinajstić information content (AvgIpc) is 1.94. The maximum Gasteiger partial charge on any atom is 0.152 e. The fourth-order valence-corrected chi connectivity index (χ4v) is 0.952. The molecule has 0 radical (unpaired) electrons. The van der Waals surface area contributed by atoms with Gasteiger partial charge in [0.15, 0.2) is 5.82 Å². The van der Waals surface area contributed by atoms with E-state index in [4.69, 9.17) is 17.3 Å². The number of aromatic nitrogens is 2. The zero-order valence-electron chi connectivity index (χ0n) is 6.37. The SMILES string of the molecule is CN(C)c1ncnc(N)c1Cl. The molecule has 2 N–H and O–H groups in total. The smallest absolute Gasteiger partial charge is 0.152 e. The number of nitrogens with zero attached hydrogens (tertiary/aromatic N) is 3. The van der Waals surface area contributed by atoms with E-state index in [2.05, 4.69) is 9.97 Å². The molecule has 0 spiro atoms. The maximum atomic E-state index is 5.80. The Morgan fingerprint density at radius 1 is 1.45 bits per heavy atom. The third-order valence-corrected chi connectivity index (χ3v) is 1.58. The van der Waals surface area contributed by atoms with Crippen LogP contribution in [-0.2, 0) is 0 Å². The molecule has 1 aromatic heterocycles. The summed E-state index contributed by atoms with van der Waals surface area (Å²) >= 11 is 5.80. The van der Waals surface area contributed by atoms with Gasteiger partial charge < -0.3 is 10.6 Å². The second-order valence-electron chi connectivity index (χ2n) is 2.29. The van der Waals surface area contributed by atoms with Crippen LogP contribution >= 0.6 is 11.6 Å². The van der Waals surface area contributed by atoms with E-state index in [1.807, 2.05) is 14.1 Å². The Morgan fingerprint density at radius 3 is 2.55 bits per heavy atom. The molecule has 0 bridgehead atoms. The highest BCUT2D eigenvalue weighted by molar-refractivity contribution is 6.35. The van der Waals surface area contributed by atoms with E-state index >= 15 is 0 Å². The summed E-state index contributed by atoms with van der Waals surface area (Å²) in [5.74, 6) is 0.949. The van der Waals surface area contributed by atoms with Crippen molar-refractivity contribution in [1.82, 2.24) is 9.97 Å². The highest BCUT2D eigenvalue weighted by Crippen LogP contribution is 2.24. The van der Waals surface area contributed by atoms with Crippen LogP contribution in [0.15, 0.2) is 6.33 Å². The van der Waals surface area contributed by atoms with E-state index in [1.165, 1.54) is 6.33 Å². The van der Waals surface area contributed by atoms with Crippen LogP contribution in [0.25, 0.3) is 0 Å². The molecule has 0 saturated carbocycles. The van der Waals surface area contributed by atoms with Crippen LogP contribution in [0.5, 0.6) is 0 Å². The van der Waals surface area contributed by atoms with Crippen LogP contribution in [0.4, 0.5) is 11.6 Å². The second kappa shape index (κ2) is 2.92. The van der Waals surface area contributed by atoms with Gasteiger partial charge in [0.2, 0.25) is 0 Å². The molecule has 1 aromatic rings. The molecule has 1 heterocycles. The van der Waals surface area contributed by atoms with E-state index < -0.39 is 0 Å². The Morgan fingerprint density at radius 2 is 2.09 bits per heavy atom. The summed E-state index contributed by atoms with van der Waals surface area (Å²) in [6.07, 6.45) is 1.39. The molecule has 60 valence electrons. The predicted octanol–water partition coefficient (Wildman–Crippen LogP) is 0.778. The average molecular weight is 173 g/mol. The molecular weight excluding hydrogens is 164 g/mol. The molecule has 0 fully saturated rings. The standard InChI is InChI=1S/C6H9ClN4/c1-11(2)6-4(7)5(8)9-3-10-6/h3H,1-2H3,(H2,8,9,10). The zero-order chi connectivity index (χ0) is 8.43. The number of nitrogens with two attached hydrogens (primary N) is 1. The van der Waals surface area contributed by atoms with Crippen molar-refractivity contribution < 1.29 is 0 Å². The van der Waals surface area contributed by atoms with Crippen LogP contribution in [0, 0.1) is 0 Å². The van der Waals surface area contributed by atoms with Gasteiger partial charge in [-0.25, -0.2) is 9.97 Å². The molecule has 0 aliphatic heterocycles. The van der Waals surface area contributed by atoms with Gasteiger partial charge in [-0.05, 0) is 0 Å². The minimum atomic E-state index is 0.311. The lowest BCUT2D eigenvalue weighted by molar-refractivity contribution is 1.04. The molecule has 0 saturated heterocycles. The summed E-state index contributed by atoms with van der Waals surface area (Å²) in [5, 5.41) is 0.400. The summed E-state index contributed by atoms with van der Waals surface area (Å²) in [7, 11) is 3.68. The van der Waals surface area contributed by atoms with Crippen LogP contribution in [0.1, 0.15) is 0 Å². The first kappa shape index (κ1) is 8.07. The van der Waals surface area contributed by atoms with E-state index in [0.717, 1.165) is 0 Å². The summed E-state index contributed by atoms with van der Waals surface area (Å²) in [5.41, 5.74) is 5.45. The molecule has 4 nitrogen and oxygen atoms in total. The summed E-state index contributed by atoms with van der Waals surface area (Å²) in [4.78, 5) is 9.45. The number of rotatable bonds is 1. The Kier molecular flexibility index (Phi) is 2.14. The van der Waals surface area contributed by atoms with Crippen LogP contribution in [0.2, 0.25) is 5.02 Å². The van der Waals surface area contributed by atoms with Gasteiger partial charge in [-0.2, -0.15) is 0 Å². The highest BCUT2D eigenvalue weighted by atomic mass is 35.5. The Bertz CT molecular complexity index is 261. The second-order valence-corrected chi connectivity index (χ2v) is 2.67. The zero-order valence-corrected chi connectivity index (χ0v) is 7.13. The number of nitrogen functional groups attached to an aromatic ring is 1. The summed E-state index contributed by atoms with van der Waals surface area (Å²) < 4.78 is 0. The van der Waals surface area contributed by atoms with Crippen LogP contribution < -0.4 is 10.6 Å². The third kappa shape index (κ3) is 1.51. The maximum absolute atomic E-state index is 5.80. The number of hydrogen-bond donors (Lipinski definition) is 1. The van der Waals surface area contributed by atoms with E-state index in [1.54, 1.807) is 4.90 Å². The van der Waals surface area contributed by atoms with Crippen molar-refractivity contribution in [3.63, 3.8) is 0 Å². The van der Waals surface area contributed by atoms with Crippen molar-refractivity contribution in [3.05, 3.63) is 11.3 Å². The summed E-state index contributed by atoms with van der Waals surface area (Å²) in [6.45, 7) is 0. The van der Waals surface area contributed by atoms with Gasteiger partial charge in [-0.3, -0.25) is 0 Å². The van der Waals surface area contributed by atoms with Gasteiger partial charge in [0.05, 0.1) is 0 Å². The minimum absolute atomic E-state index is 0.311. The molecule has 0 aromatic carbocycles. The molecular formula is C6H9ClN4. The predicted molar refractivity (Wildman–Crippen MR) is 45.8 cm³/mol. The molecule has 5 heteroatoms. The van der Waals surface area contributed by atoms with Gasteiger partial charge in [-0.1, -0.05) is 11.6 Å². The molecule has 0 aliphatic rings. The molecule has 0 amide bonds. The Hall–Kier alpha value is -1.03. The molecule has 0 atom stereocenters. The van der Waals surface area contributed by atoms with Crippen molar-refractivity contribution in [2.24, 2.45) is 0 Å². The van der Waals surface area contributed by atoms with Crippen molar-refractivity contribution in [2.45, 2.75) is 0 Å². The molecule has 11 heavy (non-hydrogen) atoms. The lowest BCUT2D eigenvalue weighted by Crippen LogP contribution is -2.12. The van der Waals surface area contributed by atoms with Crippen molar-refractivity contribution in [1.29, 1.82) is 0 Å². The van der Waals surface area contributed by atoms with Gasteiger partial charge in [0, 0.05) is 14.1 Å². The monoisotopic (exact) mass is 172 g/mol. The molecule has 0 aliphatic carbocycles. The molecule has 0 unspecified atom stereocenters. The van der Waals surface area contributed by atoms with Gasteiger partial charge in [-0.15, -0.1) is 0 Å². The first-order valence-corrected chi connectivity index (χ1v) is 3.44. The Balaban J connectivity index is 3.17. The fraction of sp³-hybridized carbons (Fsp3) is 0.333. The summed E-state index contributed by atoms with van der Waals surface area (Å²) in [6, 6.07) is 0. The largest absolute Gasteiger partial charge is 0.382 e. The first-order chi connectivity index (χ1) is 5.13. The van der Waals surface area contributed by atoms with Gasteiger partial charge in [0.1, 0.15) is 17.2 Å². The normalized spacial score (nSPS) is 9.73. The number of halogens is 1. The third-order valence-electron chi connectivity index (χ3n) is 1.22. The lowest BCUT2D eigenvalue weighted by Gasteiger charge is -2.12. The van der Waals surface area contributed by atoms with Gasteiger partial charge >= 0.3 is 0 Å². The van der Waals surface area contributed by atoms with E-state index in [0.29, 0.717) is 16.7 Å². The van der Waals surface area contributed by atoms with Crippen LogP contribution in [0.3, 0.4) is 0 Å². The van der Waals surface area contributed by atoms with E-state index in [9.17, 15) is 0 Å². The number of anilines is 2. The number of hydrogen-bond acceptors (Lipinski definition) is 4. The molecule has 1 rings (SSSR count). The highest BCUT2D eigenvalue weighted by Gasteiger charge is 2.06. The van der Waals surface area contributed by atoms with E-state index in [-0.39, 0.29) is 0 Å². The van der Waals surface area contributed by atoms with Crippen molar-refractivity contribution in [3.8, 4) is 0 Å².